The van der Waals surface area contributed by atoms with E-state index in [2.05, 4.69) is 10.6 Å². The molecule has 6 heteroatoms. The zero-order valence-corrected chi connectivity index (χ0v) is 14.7. The number of nitrogens with one attached hydrogen (secondary N) is 2. The van der Waals surface area contributed by atoms with Gasteiger partial charge in [0, 0.05) is 30.4 Å². The number of urea groups is 1. The van der Waals surface area contributed by atoms with Crippen LogP contribution in [0, 0.1) is 12.7 Å². The van der Waals surface area contributed by atoms with Gasteiger partial charge in [-0.05, 0) is 55.7 Å². The molecule has 26 heavy (non-hydrogen) atoms. The van der Waals surface area contributed by atoms with Gasteiger partial charge >= 0.3 is 6.03 Å². The molecule has 3 rings (SSSR count). The Balaban J connectivity index is 1.49. The van der Waals surface area contributed by atoms with E-state index in [9.17, 15) is 14.0 Å². The normalized spacial score (nSPS) is 14.8. The van der Waals surface area contributed by atoms with Crippen molar-refractivity contribution in [1.82, 2.24) is 10.2 Å². The number of aryl methyl sites for hydroxylation is 1. The summed E-state index contributed by atoms with van der Waals surface area (Å²) in [4.78, 5) is 26.3. The molecule has 136 valence electrons. The van der Waals surface area contributed by atoms with E-state index in [1.807, 2.05) is 31.2 Å². The SMILES string of the molecule is Cc1ccccc1NC(=O)N1CCC(NC(=O)c2ccc(F)cc2)CC1. The Labute approximate surface area is 152 Å². The van der Waals surface area contributed by atoms with Crippen molar-refractivity contribution in [2.24, 2.45) is 0 Å². The molecule has 2 N–H and O–H groups in total. The van der Waals surface area contributed by atoms with E-state index in [-0.39, 0.29) is 23.8 Å². The van der Waals surface area contributed by atoms with Gasteiger partial charge in [0.05, 0.1) is 0 Å². The van der Waals surface area contributed by atoms with Crippen molar-refractivity contribution in [2.75, 3.05) is 18.4 Å². The minimum absolute atomic E-state index is 0.00932. The van der Waals surface area contributed by atoms with Gasteiger partial charge < -0.3 is 15.5 Å². The van der Waals surface area contributed by atoms with Gasteiger partial charge in [-0.15, -0.1) is 0 Å². The molecule has 0 bridgehead atoms. The molecule has 0 aromatic heterocycles. The first-order valence-corrected chi connectivity index (χ1v) is 8.71. The van der Waals surface area contributed by atoms with Crippen LogP contribution in [0.25, 0.3) is 0 Å². The minimum Gasteiger partial charge on any atom is -0.349 e. The average molecular weight is 355 g/mol. The van der Waals surface area contributed by atoms with Gasteiger partial charge in [-0.25, -0.2) is 9.18 Å². The van der Waals surface area contributed by atoms with E-state index >= 15 is 0 Å². The number of para-hydroxylation sites is 1. The molecule has 2 aromatic rings. The summed E-state index contributed by atoms with van der Waals surface area (Å²) >= 11 is 0. The summed E-state index contributed by atoms with van der Waals surface area (Å²) in [6.45, 7) is 3.10. The molecule has 2 aromatic carbocycles. The number of hydrogen-bond acceptors (Lipinski definition) is 2. The average Bonchev–Trinajstić information content (AvgIpc) is 2.64. The van der Waals surface area contributed by atoms with Crippen molar-refractivity contribution in [3.8, 4) is 0 Å². The van der Waals surface area contributed by atoms with Crippen LogP contribution in [0.15, 0.2) is 48.5 Å². The Morgan fingerprint density at radius 3 is 2.35 bits per heavy atom. The molecular formula is C20H22FN3O2. The summed E-state index contributed by atoms with van der Waals surface area (Å²) in [6, 6.07) is 13.0. The van der Waals surface area contributed by atoms with E-state index in [4.69, 9.17) is 0 Å². The fraction of sp³-hybridized carbons (Fsp3) is 0.300. The van der Waals surface area contributed by atoms with E-state index in [1.165, 1.54) is 24.3 Å². The van der Waals surface area contributed by atoms with Gasteiger partial charge in [-0.3, -0.25) is 4.79 Å². The predicted molar refractivity (Wildman–Crippen MR) is 98.7 cm³/mol. The lowest BCUT2D eigenvalue weighted by atomic mass is 10.0. The summed E-state index contributed by atoms with van der Waals surface area (Å²) in [5, 5.41) is 5.88. The van der Waals surface area contributed by atoms with Gasteiger partial charge in [-0.1, -0.05) is 18.2 Å². The van der Waals surface area contributed by atoms with Crippen LogP contribution < -0.4 is 10.6 Å². The van der Waals surface area contributed by atoms with Crippen molar-refractivity contribution in [2.45, 2.75) is 25.8 Å². The molecule has 1 fully saturated rings. The number of amides is 3. The summed E-state index contributed by atoms with van der Waals surface area (Å²) in [6.07, 6.45) is 1.38. The van der Waals surface area contributed by atoms with Crippen LogP contribution in [0.4, 0.5) is 14.9 Å². The molecule has 0 unspecified atom stereocenters. The van der Waals surface area contributed by atoms with Gasteiger partial charge in [0.2, 0.25) is 0 Å². The number of halogens is 1. The summed E-state index contributed by atoms with van der Waals surface area (Å²) in [7, 11) is 0. The summed E-state index contributed by atoms with van der Waals surface area (Å²) in [5.74, 6) is -0.581. The molecule has 0 saturated carbocycles. The van der Waals surface area contributed by atoms with Crippen LogP contribution in [0.5, 0.6) is 0 Å². The van der Waals surface area contributed by atoms with E-state index < -0.39 is 0 Å². The van der Waals surface area contributed by atoms with Gasteiger partial charge in [0.1, 0.15) is 5.82 Å². The molecular weight excluding hydrogens is 333 g/mol. The highest BCUT2D eigenvalue weighted by Gasteiger charge is 2.24. The number of hydrogen-bond donors (Lipinski definition) is 2. The van der Waals surface area contributed by atoms with Crippen molar-refractivity contribution in [3.05, 3.63) is 65.5 Å². The van der Waals surface area contributed by atoms with Gasteiger partial charge in [-0.2, -0.15) is 0 Å². The van der Waals surface area contributed by atoms with Crippen molar-refractivity contribution in [1.29, 1.82) is 0 Å². The fourth-order valence-corrected chi connectivity index (χ4v) is 3.00. The topological polar surface area (TPSA) is 61.4 Å². The largest absolute Gasteiger partial charge is 0.349 e. The third kappa shape index (κ3) is 4.39. The predicted octanol–water partition coefficient (Wildman–Crippen LogP) is 3.56. The molecule has 0 spiro atoms. The van der Waals surface area contributed by atoms with E-state index in [1.54, 1.807) is 4.90 Å². The number of carbonyl (C=O) groups is 2. The first-order chi connectivity index (χ1) is 12.5. The highest BCUT2D eigenvalue weighted by Crippen LogP contribution is 2.16. The summed E-state index contributed by atoms with van der Waals surface area (Å²) in [5.41, 5.74) is 2.26. The Hall–Kier alpha value is -2.89. The number of piperidine rings is 1. The summed E-state index contributed by atoms with van der Waals surface area (Å²) < 4.78 is 12.9. The van der Waals surface area contributed by atoms with Crippen molar-refractivity contribution < 1.29 is 14.0 Å². The molecule has 0 atom stereocenters. The second-order valence-corrected chi connectivity index (χ2v) is 6.49. The lowest BCUT2D eigenvalue weighted by molar-refractivity contribution is 0.0919. The molecule has 0 radical (unpaired) electrons. The lowest BCUT2D eigenvalue weighted by Gasteiger charge is -2.32. The maximum atomic E-state index is 12.9. The lowest BCUT2D eigenvalue weighted by Crippen LogP contribution is -2.47. The zero-order chi connectivity index (χ0) is 18.5. The third-order valence-corrected chi connectivity index (χ3v) is 4.61. The molecule has 1 aliphatic rings. The van der Waals surface area contributed by atoms with Crippen LogP contribution in [0.1, 0.15) is 28.8 Å². The van der Waals surface area contributed by atoms with Crippen LogP contribution in [-0.2, 0) is 0 Å². The van der Waals surface area contributed by atoms with E-state index in [0.29, 0.717) is 31.5 Å². The first-order valence-electron chi connectivity index (χ1n) is 8.71. The third-order valence-electron chi connectivity index (χ3n) is 4.61. The Morgan fingerprint density at radius 1 is 1.04 bits per heavy atom. The second-order valence-electron chi connectivity index (χ2n) is 6.49. The zero-order valence-electron chi connectivity index (χ0n) is 14.7. The maximum absolute atomic E-state index is 12.9. The standard InChI is InChI=1S/C20H22FN3O2/c1-14-4-2-3-5-18(14)23-20(26)24-12-10-17(11-13-24)22-19(25)15-6-8-16(21)9-7-15/h2-9,17H,10-13H2,1H3,(H,22,25)(H,23,26). The van der Waals surface area contributed by atoms with E-state index in [0.717, 1.165) is 11.3 Å². The molecule has 1 heterocycles. The van der Waals surface area contributed by atoms with Gasteiger partial charge in [0.15, 0.2) is 0 Å². The Morgan fingerprint density at radius 2 is 1.69 bits per heavy atom. The molecule has 3 amide bonds. The fourth-order valence-electron chi connectivity index (χ4n) is 3.00. The first kappa shape index (κ1) is 17.9. The second kappa shape index (κ2) is 7.99. The number of carbonyl (C=O) groups excluding carboxylic acids is 2. The van der Waals surface area contributed by atoms with Gasteiger partial charge in [0.25, 0.3) is 5.91 Å². The number of anilines is 1. The Bertz CT molecular complexity index is 784. The highest BCUT2D eigenvalue weighted by atomic mass is 19.1. The number of rotatable bonds is 3. The van der Waals surface area contributed by atoms with Crippen LogP contribution in [0.3, 0.4) is 0 Å². The Kier molecular flexibility index (Phi) is 5.51. The number of benzene rings is 2. The minimum atomic E-state index is -0.366. The molecule has 0 aliphatic carbocycles. The smallest absolute Gasteiger partial charge is 0.321 e. The van der Waals surface area contributed by atoms with Crippen LogP contribution in [-0.4, -0.2) is 36.0 Å². The molecule has 1 saturated heterocycles. The monoisotopic (exact) mass is 355 g/mol. The number of likely N-dealkylation sites (tertiary alicyclic amines) is 1. The molecule has 5 nitrogen and oxygen atoms in total. The van der Waals surface area contributed by atoms with Crippen LogP contribution in [0.2, 0.25) is 0 Å². The molecule has 1 aliphatic heterocycles. The van der Waals surface area contributed by atoms with Crippen LogP contribution >= 0.6 is 0 Å². The quantitative estimate of drug-likeness (QED) is 0.884. The maximum Gasteiger partial charge on any atom is 0.321 e. The van der Waals surface area contributed by atoms with Crippen molar-refractivity contribution in [3.63, 3.8) is 0 Å². The highest BCUT2D eigenvalue weighted by molar-refractivity contribution is 5.94. The number of nitrogens with zero attached hydrogens (tertiary/aromatic N) is 1. The van der Waals surface area contributed by atoms with Crippen molar-refractivity contribution >= 4 is 17.6 Å².